The van der Waals surface area contributed by atoms with Crippen LogP contribution in [0.25, 0.3) is 0 Å². The van der Waals surface area contributed by atoms with Crippen molar-refractivity contribution in [3.05, 3.63) is 16.3 Å². The maximum atomic E-state index is 12.5. The van der Waals surface area contributed by atoms with Gasteiger partial charge in [0.15, 0.2) is 0 Å². The van der Waals surface area contributed by atoms with Gasteiger partial charge in [0, 0.05) is 38.5 Å². The summed E-state index contributed by atoms with van der Waals surface area (Å²) in [6.45, 7) is 11.7. The minimum absolute atomic E-state index is 0.00491. The third kappa shape index (κ3) is 4.03. The van der Waals surface area contributed by atoms with Crippen LogP contribution in [0.15, 0.2) is 4.79 Å². The van der Waals surface area contributed by atoms with E-state index in [1.807, 2.05) is 18.7 Å². The fourth-order valence-electron chi connectivity index (χ4n) is 3.24. The van der Waals surface area contributed by atoms with Gasteiger partial charge in [0.25, 0.3) is 0 Å². The number of hydrogen-bond donors (Lipinski definition) is 0. The summed E-state index contributed by atoms with van der Waals surface area (Å²) < 4.78 is 3.17. The van der Waals surface area contributed by atoms with Crippen molar-refractivity contribution in [2.24, 2.45) is 12.5 Å². The molecule has 0 bridgehead atoms. The van der Waals surface area contributed by atoms with E-state index in [1.165, 1.54) is 4.68 Å². The van der Waals surface area contributed by atoms with Crippen molar-refractivity contribution < 1.29 is 4.79 Å². The predicted molar refractivity (Wildman–Crippen MR) is 90.5 cm³/mol. The van der Waals surface area contributed by atoms with Gasteiger partial charge in [0.2, 0.25) is 5.91 Å². The molecular weight excluding hydrogens is 292 g/mol. The van der Waals surface area contributed by atoms with Crippen LogP contribution in [-0.2, 0) is 11.8 Å². The largest absolute Gasteiger partial charge is 0.345 e. The van der Waals surface area contributed by atoms with Crippen molar-refractivity contribution in [3.8, 4) is 0 Å². The highest BCUT2D eigenvalue weighted by Crippen LogP contribution is 2.28. The summed E-state index contributed by atoms with van der Waals surface area (Å²) in [4.78, 5) is 26.7. The van der Waals surface area contributed by atoms with Gasteiger partial charge < -0.3 is 4.90 Å². The molecule has 1 aromatic rings. The van der Waals surface area contributed by atoms with Crippen LogP contribution in [0.2, 0.25) is 0 Å². The molecule has 1 aliphatic rings. The van der Waals surface area contributed by atoms with E-state index in [0.717, 1.165) is 25.2 Å². The van der Waals surface area contributed by atoms with E-state index in [-0.39, 0.29) is 29.0 Å². The number of nitrogens with zero attached hydrogens (tertiary/aromatic N) is 4. The molecular formula is C17H30N4O2. The molecule has 1 aromatic heterocycles. The Balaban J connectivity index is 2.21. The van der Waals surface area contributed by atoms with E-state index in [0.29, 0.717) is 13.0 Å². The SMILES string of the molecule is CC(C)n1c(C2CCCN(C(=O)CC(C)(C)C)C2)nn(C)c1=O. The number of aryl methyl sites for hydroxylation is 1. The molecule has 0 spiro atoms. The number of carbonyl (C=O) groups excluding carboxylic acids is 1. The highest BCUT2D eigenvalue weighted by atomic mass is 16.2. The van der Waals surface area contributed by atoms with Crippen molar-refractivity contribution in [1.29, 1.82) is 0 Å². The summed E-state index contributed by atoms with van der Waals surface area (Å²) >= 11 is 0. The first kappa shape index (κ1) is 17.8. The second kappa shape index (κ2) is 6.49. The minimum atomic E-state index is -0.0758. The lowest BCUT2D eigenvalue weighted by atomic mass is 9.90. The number of rotatable bonds is 3. The van der Waals surface area contributed by atoms with Gasteiger partial charge in [-0.3, -0.25) is 9.36 Å². The molecule has 0 N–H and O–H groups in total. The average Bonchev–Trinajstić information content (AvgIpc) is 2.73. The molecule has 0 aromatic carbocycles. The molecule has 1 amide bonds. The van der Waals surface area contributed by atoms with Crippen LogP contribution >= 0.6 is 0 Å². The van der Waals surface area contributed by atoms with Crippen LogP contribution in [0, 0.1) is 5.41 Å². The molecule has 1 saturated heterocycles. The molecule has 0 aliphatic carbocycles. The number of likely N-dealkylation sites (tertiary alicyclic amines) is 1. The molecule has 0 radical (unpaired) electrons. The molecule has 1 atom stereocenters. The lowest BCUT2D eigenvalue weighted by Gasteiger charge is -2.34. The standard InChI is InChI=1S/C17H30N4O2/c1-12(2)21-15(18-19(6)16(21)23)13-8-7-9-20(11-13)14(22)10-17(3,4)5/h12-13H,7-11H2,1-6H3. The lowest BCUT2D eigenvalue weighted by molar-refractivity contribution is -0.134. The smallest absolute Gasteiger partial charge is 0.342 e. The Kier molecular flexibility index (Phi) is 5.01. The third-order valence-corrected chi connectivity index (χ3v) is 4.32. The normalized spacial score (nSPS) is 19.4. The van der Waals surface area contributed by atoms with E-state index in [4.69, 9.17) is 0 Å². The van der Waals surface area contributed by atoms with Crippen LogP contribution in [0.5, 0.6) is 0 Å². The van der Waals surface area contributed by atoms with Crippen LogP contribution in [-0.4, -0.2) is 38.2 Å². The average molecular weight is 322 g/mol. The number of hydrogen-bond acceptors (Lipinski definition) is 3. The Labute approximate surface area is 138 Å². The van der Waals surface area contributed by atoms with Crippen molar-refractivity contribution in [3.63, 3.8) is 0 Å². The van der Waals surface area contributed by atoms with Crippen molar-refractivity contribution >= 4 is 5.91 Å². The summed E-state index contributed by atoms with van der Waals surface area (Å²) in [5.74, 6) is 1.17. The van der Waals surface area contributed by atoms with Gasteiger partial charge in [-0.25, -0.2) is 9.48 Å². The van der Waals surface area contributed by atoms with Crippen LogP contribution in [0.4, 0.5) is 0 Å². The molecule has 1 unspecified atom stereocenters. The monoisotopic (exact) mass is 322 g/mol. The van der Waals surface area contributed by atoms with Gasteiger partial charge in [-0.2, -0.15) is 5.10 Å². The van der Waals surface area contributed by atoms with Gasteiger partial charge in [0.05, 0.1) is 0 Å². The maximum Gasteiger partial charge on any atom is 0.345 e. The number of amides is 1. The Morgan fingerprint density at radius 2 is 2.00 bits per heavy atom. The molecule has 6 nitrogen and oxygen atoms in total. The Morgan fingerprint density at radius 1 is 1.35 bits per heavy atom. The fourth-order valence-corrected chi connectivity index (χ4v) is 3.24. The summed E-state index contributed by atoms with van der Waals surface area (Å²) in [5, 5.41) is 4.45. The zero-order valence-corrected chi connectivity index (χ0v) is 15.3. The van der Waals surface area contributed by atoms with Crippen molar-refractivity contribution in [1.82, 2.24) is 19.2 Å². The minimum Gasteiger partial charge on any atom is -0.342 e. The predicted octanol–water partition coefficient (Wildman–Crippen LogP) is 2.30. The summed E-state index contributed by atoms with van der Waals surface area (Å²) in [5.41, 5.74) is -0.0807. The number of carbonyl (C=O) groups is 1. The zero-order valence-electron chi connectivity index (χ0n) is 15.3. The highest BCUT2D eigenvalue weighted by Gasteiger charge is 2.31. The molecule has 2 heterocycles. The zero-order chi connectivity index (χ0) is 17.4. The highest BCUT2D eigenvalue weighted by molar-refractivity contribution is 5.77. The summed E-state index contributed by atoms with van der Waals surface area (Å²) in [7, 11) is 1.69. The Hall–Kier alpha value is -1.59. The van der Waals surface area contributed by atoms with Gasteiger partial charge >= 0.3 is 5.69 Å². The molecule has 23 heavy (non-hydrogen) atoms. The lowest BCUT2D eigenvalue weighted by Crippen LogP contribution is -2.41. The first-order chi connectivity index (χ1) is 10.6. The Morgan fingerprint density at radius 3 is 2.57 bits per heavy atom. The third-order valence-electron chi connectivity index (χ3n) is 4.32. The van der Waals surface area contributed by atoms with Crippen molar-refractivity contribution in [2.45, 2.75) is 65.8 Å². The number of aromatic nitrogens is 3. The second-order valence-electron chi connectivity index (χ2n) is 8.14. The molecule has 2 rings (SSSR count). The van der Waals surface area contributed by atoms with E-state index in [2.05, 4.69) is 25.9 Å². The first-order valence-corrected chi connectivity index (χ1v) is 8.53. The molecule has 1 fully saturated rings. The second-order valence-corrected chi connectivity index (χ2v) is 8.14. The van der Waals surface area contributed by atoms with Gasteiger partial charge in [-0.05, 0) is 32.1 Å². The van der Waals surface area contributed by atoms with Crippen molar-refractivity contribution in [2.75, 3.05) is 13.1 Å². The van der Waals surface area contributed by atoms with Crippen LogP contribution < -0.4 is 5.69 Å². The fraction of sp³-hybridized carbons (Fsp3) is 0.824. The number of piperidine rings is 1. The van der Waals surface area contributed by atoms with E-state index in [9.17, 15) is 9.59 Å². The molecule has 0 saturated carbocycles. The van der Waals surface area contributed by atoms with E-state index in [1.54, 1.807) is 11.6 Å². The quantitative estimate of drug-likeness (QED) is 0.858. The van der Waals surface area contributed by atoms with Crippen LogP contribution in [0.3, 0.4) is 0 Å². The van der Waals surface area contributed by atoms with Gasteiger partial charge in [0.1, 0.15) is 5.82 Å². The van der Waals surface area contributed by atoms with Gasteiger partial charge in [-0.1, -0.05) is 20.8 Å². The topological polar surface area (TPSA) is 60.1 Å². The maximum absolute atomic E-state index is 12.5. The molecule has 1 aliphatic heterocycles. The van der Waals surface area contributed by atoms with E-state index >= 15 is 0 Å². The molecule has 130 valence electrons. The Bertz CT molecular complexity index is 622. The van der Waals surface area contributed by atoms with Gasteiger partial charge in [-0.15, -0.1) is 0 Å². The molecule has 6 heteroatoms. The van der Waals surface area contributed by atoms with E-state index < -0.39 is 0 Å². The summed E-state index contributed by atoms with van der Waals surface area (Å²) in [6, 6.07) is 0.0758. The van der Waals surface area contributed by atoms with Crippen LogP contribution in [0.1, 0.15) is 71.7 Å². The first-order valence-electron chi connectivity index (χ1n) is 8.53. The summed E-state index contributed by atoms with van der Waals surface area (Å²) in [6.07, 6.45) is 2.49.